The summed E-state index contributed by atoms with van der Waals surface area (Å²) in [6, 6.07) is 17.9. The number of benzene rings is 3. The first kappa shape index (κ1) is 19.6. The number of hydrogen-bond acceptors (Lipinski definition) is 3. The van der Waals surface area contributed by atoms with Crippen LogP contribution in [0.2, 0.25) is 0 Å². The number of aliphatic hydroxyl groups is 1. The van der Waals surface area contributed by atoms with Gasteiger partial charge in [-0.2, -0.15) is 0 Å². The number of nitrogens with zero attached hydrogens (tertiary/aromatic N) is 1. The molecule has 4 rings (SSSR count). The highest BCUT2D eigenvalue weighted by Gasteiger charge is 2.41. The summed E-state index contributed by atoms with van der Waals surface area (Å²) >= 11 is 0. The van der Waals surface area contributed by atoms with E-state index in [9.17, 15) is 18.7 Å². The lowest BCUT2D eigenvalue weighted by molar-refractivity contribution is -0.130. The second-order valence-electron chi connectivity index (χ2n) is 7.00. The maximum absolute atomic E-state index is 13.5. The molecule has 1 heterocycles. The predicted octanol–water partition coefficient (Wildman–Crippen LogP) is 5.03. The van der Waals surface area contributed by atoms with Gasteiger partial charge in [0.05, 0.1) is 13.2 Å². The molecule has 6 heteroatoms. The summed E-state index contributed by atoms with van der Waals surface area (Å²) in [7, 11) is 1.57. The summed E-state index contributed by atoms with van der Waals surface area (Å²) in [6.07, 6.45) is 0. The van der Waals surface area contributed by atoms with Gasteiger partial charge in [0.1, 0.15) is 17.4 Å². The van der Waals surface area contributed by atoms with E-state index in [0.717, 1.165) is 5.56 Å². The van der Waals surface area contributed by atoms with Crippen molar-refractivity contribution >= 4 is 11.5 Å². The smallest absolute Gasteiger partial charge is 0.290 e. The van der Waals surface area contributed by atoms with Crippen LogP contribution in [-0.2, 0) is 11.3 Å². The number of rotatable bonds is 5. The van der Waals surface area contributed by atoms with Gasteiger partial charge in [0.15, 0.2) is 5.76 Å². The van der Waals surface area contributed by atoms with Crippen molar-refractivity contribution in [3.05, 3.63) is 107 Å². The number of ether oxygens (including phenoxy) is 1. The minimum absolute atomic E-state index is 0.222. The van der Waals surface area contributed by atoms with E-state index >= 15 is 0 Å². The Labute approximate surface area is 172 Å². The lowest BCUT2D eigenvalue weighted by Gasteiger charge is -2.27. The highest BCUT2D eigenvalue weighted by molar-refractivity contribution is 6.05. The zero-order valence-electron chi connectivity index (χ0n) is 16.2. The van der Waals surface area contributed by atoms with E-state index in [1.54, 1.807) is 31.4 Å². The summed E-state index contributed by atoms with van der Waals surface area (Å²) in [6.45, 7) is 0.222. The maximum atomic E-state index is 13.5. The molecule has 1 aliphatic heterocycles. The zero-order valence-corrected chi connectivity index (χ0v) is 16.2. The van der Waals surface area contributed by atoms with E-state index in [2.05, 4.69) is 0 Å². The molecule has 0 radical (unpaired) electrons. The number of methoxy groups -OCH3 is 1. The van der Waals surface area contributed by atoms with Crippen LogP contribution in [0.15, 0.2) is 78.6 Å². The van der Waals surface area contributed by atoms with Crippen molar-refractivity contribution in [3.63, 3.8) is 0 Å². The monoisotopic (exact) mass is 407 g/mol. The van der Waals surface area contributed by atoms with Gasteiger partial charge in [0.2, 0.25) is 0 Å². The van der Waals surface area contributed by atoms with Gasteiger partial charge in [-0.15, -0.1) is 0 Å². The standard InChI is InChI=1S/C24H19F2NO3/c1-30-20-12-2-15(3-13-20)14-27-22(17-6-10-19(26)11-7-17)21(23(28)24(27)29)16-4-8-18(25)9-5-16/h2-13,22,28H,14H2,1H3/t22-/m1/s1. The molecule has 0 fully saturated rings. The third-order valence-electron chi connectivity index (χ3n) is 5.16. The van der Waals surface area contributed by atoms with Crippen molar-refractivity contribution in [2.75, 3.05) is 7.11 Å². The van der Waals surface area contributed by atoms with Gasteiger partial charge in [0.25, 0.3) is 5.91 Å². The summed E-state index contributed by atoms with van der Waals surface area (Å²) < 4.78 is 32.1. The Kier molecular flexibility index (Phi) is 5.23. The van der Waals surface area contributed by atoms with Gasteiger partial charge in [-0.05, 0) is 53.1 Å². The number of carbonyl (C=O) groups excluding carboxylic acids is 1. The van der Waals surface area contributed by atoms with Crippen molar-refractivity contribution in [2.45, 2.75) is 12.6 Å². The van der Waals surface area contributed by atoms with E-state index < -0.39 is 29.3 Å². The number of amides is 1. The van der Waals surface area contributed by atoms with Crippen LogP contribution in [0.5, 0.6) is 5.75 Å². The van der Waals surface area contributed by atoms with Gasteiger partial charge in [-0.3, -0.25) is 4.79 Å². The summed E-state index contributed by atoms with van der Waals surface area (Å²) in [4.78, 5) is 14.5. The fourth-order valence-corrected chi connectivity index (χ4v) is 3.66. The lowest BCUT2D eigenvalue weighted by Crippen LogP contribution is -2.29. The van der Waals surface area contributed by atoms with Crippen molar-refractivity contribution in [1.29, 1.82) is 0 Å². The molecule has 0 aliphatic carbocycles. The van der Waals surface area contributed by atoms with Crippen LogP contribution in [0.1, 0.15) is 22.7 Å². The molecule has 0 aromatic heterocycles. The van der Waals surface area contributed by atoms with Gasteiger partial charge in [-0.1, -0.05) is 36.4 Å². The highest BCUT2D eigenvalue weighted by Crippen LogP contribution is 2.43. The molecule has 1 aliphatic rings. The Morgan fingerprint density at radius 1 is 0.900 bits per heavy atom. The molecule has 3 aromatic carbocycles. The Hall–Kier alpha value is -3.67. The Bertz CT molecular complexity index is 1090. The summed E-state index contributed by atoms with van der Waals surface area (Å²) in [5.74, 6) is -1.07. The number of halogens is 2. The largest absolute Gasteiger partial charge is 0.503 e. The molecule has 0 saturated heterocycles. The summed E-state index contributed by atoms with van der Waals surface area (Å²) in [5.41, 5.74) is 2.36. The first-order chi connectivity index (χ1) is 14.5. The molecular formula is C24H19F2NO3. The second-order valence-corrected chi connectivity index (χ2v) is 7.00. The molecule has 1 amide bonds. The maximum Gasteiger partial charge on any atom is 0.290 e. The number of aliphatic hydroxyl groups excluding tert-OH is 1. The average Bonchev–Trinajstić information content (AvgIpc) is 3.00. The lowest BCUT2D eigenvalue weighted by atomic mass is 9.93. The van der Waals surface area contributed by atoms with Crippen LogP contribution in [0.4, 0.5) is 8.78 Å². The predicted molar refractivity (Wildman–Crippen MR) is 109 cm³/mol. The normalized spacial score (nSPS) is 16.3. The Balaban J connectivity index is 1.77. The fourth-order valence-electron chi connectivity index (χ4n) is 3.66. The summed E-state index contributed by atoms with van der Waals surface area (Å²) in [5, 5.41) is 10.7. The molecule has 1 atom stereocenters. The molecule has 4 nitrogen and oxygen atoms in total. The van der Waals surface area contributed by atoms with E-state index in [1.165, 1.54) is 41.3 Å². The number of hydrogen-bond donors (Lipinski definition) is 1. The van der Waals surface area contributed by atoms with Crippen LogP contribution in [0, 0.1) is 11.6 Å². The molecule has 0 unspecified atom stereocenters. The highest BCUT2D eigenvalue weighted by atomic mass is 19.1. The molecular weight excluding hydrogens is 388 g/mol. The molecule has 0 saturated carbocycles. The Morgan fingerprint density at radius 2 is 1.47 bits per heavy atom. The van der Waals surface area contributed by atoms with Crippen LogP contribution in [0.3, 0.4) is 0 Å². The minimum atomic E-state index is -0.648. The van der Waals surface area contributed by atoms with Crippen LogP contribution in [0.25, 0.3) is 5.57 Å². The van der Waals surface area contributed by atoms with Gasteiger partial charge in [-0.25, -0.2) is 8.78 Å². The van der Waals surface area contributed by atoms with E-state index in [4.69, 9.17) is 4.74 Å². The second kappa shape index (κ2) is 7.99. The minimum Gasteiger partial charge on any atom is -0.503 e. The van der Waals surface area contributed by atoms with E-state index in [-0.39, 0.29) is 6.54 Å². The fraction of sp³-hybridized carbons (Fsp3) is 0.125. The number of carbonyl (C=O) groups is 1. The molecule has 3 aromatic rings. The van der Waals surface area contributed by atoms with Crippen LogP contribution in [-0.4, -0.2) is 23.0 Å². The van der Waals surface area contributed by atoms with Gasteiger partial charge < -0.3 is 14.7 Å². The van der Waals surface area contributed by atoms with Crippen LogP contribution >= 0.6 is 0 Å². The topological polar surface area (TPSA) is 49.8 Å². The zero-order chi connectivity index (χ0) is 21.3. The first-order valence-electron chi connectivity index (χ1n) is 9.36. The molecule has 0 bridgehead atoms. The van der Waals surface area contributed by atoms with Gasteiger partial charge in [0, 0.05) is 12.1 Å². The third-order valence-corrected chi connectivity index (χ3v) is 5.16. The molecule has 152 valence electrons. The quantitative estimate of drug-likeness (QED) is 0.646. The van der Waals surface area contributed by atoms with E-state index in [1.807, 2.05) is 12.1 Å². The Morgan fingerprint density at radius 3 is 2.03 bits per heavy atom. The molecule has 0 spiro atoms. The first-order valence-corrected chi connectivity index (χ1v) is 9.36. The van der Waals surface area contributed by atoms with E-state index in [0.29, 0.717) is 22.4 Å². The van der Waals surface area contributed by atoms with Crippen molar-refractivity contribution in [2.24, 2.45) is 0 Å². The van der Waals surface area contributed by atoms with Gasteiger partial charge >= 0.3 is 0 Å². The average molecular weight is 407 g/mol. The van der Waals surface area contributed by atoms with Crippen LogP contribution < -0.4 is 4.74 Å². The van der Waals surface area contributed by atoms with Crippen molar-refractivity contribution in [3.8, 4) is 5.75 Å². The van der Waals surface area contributed by atoms with Crippen molar-refractivity contribution in [1.82, 2.24) is 4.90 Å². The SMILES string of the molecule is COc1ccc(CN2C(=O)C(O)=C(c3ccc(F)cc3)[C@H]2c2ccc(F)cc2)cc1. The molecule has 1 N–H and O–H groups in total. The third kappa shape index (κ3) is 3.64. The molecule has 30 heavy (non-hydrogen) atoms. The van der Waals surface area contributed by atoms with Crippen molar-refractivity contribution < 1.29 is 23.4 Å².